The third-order valence-corrected chi connectivity index (χ3v) is 3.17. The van der Waals surface area contributed by atoms with Crippen LogP contribution in [0, 0.1) is 0 Å². The third kappa shape index (κ3) is 1.81. The molecule has 0 amide bonds. The van der Waals surface area contributed by atoms with E-state index in [0.717, 1.165) is 0 Å². The van der Waals surface area contributed by atoms with Gasteiger partial charge in [-0.05, 0) is 12.8 Å². The predicted octanol–water partition coefficient (Wildman–Crippen LogP) is 1.60. The molecule has 0 atom stereocenters. The van der Waals surface area contributed by atoms with Crippen molar-refractivity contribution in [2.45, 2.75) is 43.6 Å². The molecule has 0 bridgehead atoms. The first kappa shape index (κ1) is 10.1. The van der Waals surface area contributed by atoms with Gasteiger partial charge in [0.25, 0.3) is 0 Å². The Morgan fingerprint density at radius 2 is 1.71 bits per heavy atom. The summed E-state index contributed by atoms with van der Waals surface area (Å²) in [5.74, 6) is -0.529. The lowest BCUT2D eigenvalue weighted by Gasteiger charge is -2.38. The summed E-state index contributed by atoms with van der Waals surface area (Å²) in [6, 6.07) is 0. The molecule has 2 rings (SSSR count). The summed E-state index contributed by atoms with van der Waals surface area (Å²) in [6.45, 7) is 1.21. The molecular formula is C10H15FO3. The van der Waals surface area contributed by atoms with E-state index in [1.165, 1.54) is 0 Å². The largest absolute Gasteiger partial charge is 0.348 e. The van der Waals surface area contributed by atoms with Gasteiger partial charge in [-0.15, -0.1) is 0 Å². The molecule has 2 fully saturated rings. The molecule has 1 spiro atoms. The Morgan fingerprint density at radius 3 is 2.21 bits per heavy atom. The molecule has 2 aliphatic rings. The van der Waals surface area contributed by atoms with Crippen molar-refractivity contribution in [3.63, 3.8) is 0 Å². The van der Waals surface area contributed by atoms with Crippen LogP contribution in [-0.2, 0) is 14.3 Å². The topological polar surface area (TPSA) is 35.5 Å². The summed E-state index contributed by atoms with van der Waals surface area (Å²) in [4.78, 5) is 10.3. The van der Waals surface area contributed by atoms with E-state index in [0.29, 0.717) is 45.2 Å². The number of carbonyl (C=O) groups is 1. The minimum Gasteiger partial charge on any atom is -0.348 e. The van der Waals surface area contributed by atoms with Crippen LogP contribution in [0.15, 0.2) is 0 Å². The van der Waals surface area contributed by atoms with E-state index in [4.69, 9.17) is 9.47 Å². The molecule has 1 heterocycles. The first-order chi connectivity index (χ1) is 6.68. The second kappa shape index (κ2) is 3.59. The fourth-order valence-corrected chi connectivity index (χ4v) is 2.22. The standard InChI is InChI=1S/C10H15FO3/c11-9(5-6-12)1-3-10(4-2-9)13-7-8-14-10/h6H,1-5,7-8H2. The van der Waals surface area contributed by atoms with Gasteiger partial charge in [-0.3, -0.25) is 0 Å². The van der Waals surface area contributed by atoms with Gasteiger partial charge in [-0.25, -0.2) is 4.39 Å². The number of ether oxygens (including phenoxy) is 2. The number of aldehydes is 1. The van der Waals surface area contributed by atoms with Gasteiger partial charge in [-0.1, -0.05) is 0 Å². The monoisotopic (exact) mass is 202 g/mol. The molecule has 1 saturated heterocycles. The number of halogens is 1. The van der Waals surface area contributed by atoms with E-state index in [-0.39, 0.29) is 6.42 Å². The summed E-state index contributed by atoms with van der Waals surface area (Å²) in [5.41, 5.74) is -1.32. The lowest BCUT2D eigenvalue weighted by Crippen LogP contribution is -2.41. The maximum Gasteiger partial charge on any atom is 0.168 e. The summed E-state index contributed by atoms with van der Waals surface area (Å²) in [6.07, 6.45) is 2.53. The molecule has 4 heteroatoms. The van der Waals surface area contributed by atoms with Crippen LogP contribution in [0.2, 0.25) is 0 Å². The Hall–Kier alpha value is -0.480. The molecule has 0 N–H and O–H groups in total. The van der Waals surface area contributed by atoms with E-state index in [1.807, 2.05) is 0 Å². The summed E-state index contributed by atoms with van der Waals surface area (Å²) in [7, 11) is 0. The van der Waals surface area contributed by atoms with Gasteiger partial charge >= 0.3 is 0 Å². The second-order valence-corrected chi connectivity index (χ2v) is 4.13. The minimum absolute atomic E-state index is 0.00306. The molecule has 3 nitrogen and oxygen atoms in total. The Balaban J connectivity index is 1.93. The van der Waals surface area contributed by atoms with Crippen LogP contribution in [0.4, 0.5) is 4.39 Å². The number of hydrogen-bond acceptors (Lipinski definition) is 3. The molecule has 1 aliphatic carbocycles. The maximum atomic E-state index is 13.9. The fourth-order valence-electron chi connectivity index (χ4n) is 2.22. The highest BCUT2D eigenvalue weighted by Gasteiger charge is 2.46. The minimum atomic E-state index is -1.32. The van der Waals surface area contributed by atoms with Crippen molar-refractivity contribution in [2.75, 3.05) is 13.2 Å². The first-order valence-electron chi connectivity index (χ1n) is 5.09. The van der Waals surface area contributed by atoms with Gasteiger partial charge in [0.15, 0.2) is 5.79 Å². The van der Waals surface area contributed by atoms with Gasteiger partial charge in [-0.2, -0.15) is 0 Å². The number of rotatable bonds is 2. The average Bonchev–Trinajstić information content (AvgIpc) is 2.61. The number of alkyl halides is 1. The van der Waals surface area contributed by atoms with Crippen molar-refractivity contribution in [2.24, 2.45) is 0 Å². The second-order valence-electron chi connectivity index (χ2n) is 4.13. The number of carbonyl (C=O) groups excluding carboxylic acids is 1. The highest BCUT2D eigenvalue weighted by Crippen LogP contribution is 2.43. The molecule has 0 aromatic heterocycles. The average molecular weight is 202 g/mol. The van der Waals surface area contributed by atoms with Gasteiger partial charge in [0, 0.05) is 19.3 Å². The van der Waals surface area contributed by atoms with Crippen molar-refractivity contribution in [1.82, 2.24) is 0 Å². The summed E-state index contributed by atoms with van der Waals surface area (Å²) < 4.78 is 24.8. The van der Waals surface area contributed by atoms with E-state index in [9.17, 15) is 9.18 Å². The highest BCUT2D eigenvalue weighted by atomic mass is 19.1. The smallest absolute Gasteiger partial charge is 0.168 e. The fraction of sp³-hybridized carbons (Fsp3) is 0.900. The van der Waals surface area contributed by atoms with Crippen LogP contribution in [0.3, 0.4) is 0 Å². The van der Waals surface area contributed by atoms with Gasteiger partial charge in [0.05, 0.1) is 13.2 Å². The zero-order valence-electron chi connectivity index (χ0n) is 8.13. The van der Waals surface area contributed by atoms with E-state index < -0.39 is 11.5 Å². The quantitative estimate of drug-likeness (QED) is 0.638. The molecular weight excluding hydrogens is 187 g/mol. The SMILES string of the molecule is O=CCC1(F)CCC2(CC1)OCCO2. The highest BCUT2D eigenvalue weighted by molar-refractivity contribution is 5.51. The molecule has 1 aliphatic heterocycles. The Morgan fingerprint density at radius 1 is 1.14 bits per heavy atom. The van der Waals surface area contributed by atoms with Gasteiger partial charge < -0.3 is 14.3 Å². The van der Waals surface area contributed by atoms with Gasteiger partial charge in [0.2, 0.25) is 0 Å². The molecule has 0 radical (unpaired) electrons. The number of hydrogen-bond donors (Lipinski definition) is 0. The Labute approximate surface area is 82.6 Å². The molecule has 1 saturated carbocycles. The lowest BCUT2D eigenvalue weighted by molar-refractivity contribution is -0.193. The van der Waals surface area contributed by atoms with Crippen molar-refractivity contribution in [3.8, 4) is 0 Å². The van der Waals surface area contributed by atoms with Crippen LogP contribution in [0.25, 0.3) is 0 Å². The zero-order chi connectivity index (χ0) is 10.1. The van der Waals surface area contributed by atoms with Crippen LogP contribution < -0.4 is 0 Å². The Bertz CT molecular complexity index is 213. The van der Waals surface area contributed by atoms with E-state index >= 15 is 0 Å². The predicted molar refractivity (Wildman–Crippen MR) is 47.6 cm³/mol. The maximum absolute atomic E-state index is 13.9. The van der Waals surface area contributed by atoms with Crippen LogP contribution in [0.1, 0.15) is 32.1 Å². The molecule has 0 aromatic rings. The van der Waals surface area contributed by atoms with Gasteiger partial charge in [0.1, 0.15) is 12.0 Å². The molecule has 14 heavy (non-hydrogen) atoms. The third-order valence-electron chi connectivity index (χ3n) is 3.17. The normalized spacial score (nSPS) is 29.2. The molecule has 0 unspecified atom stereocenters. The van der Waals surface area contributed by atoms with Crippen LogP contribution >= 0.6 is 0 Å². The first-order valence-corrected chi connectivity index (χ1v) is 5.09. The van der Waals surface area contributed by atoms with Crippen molar-refractivity contribution in [1.29, 1.82) is 0 Å². The lowest BCUT2D eigenvalue weighted by atomic mass is 9.81. The van der Waals surface area contributed by atoms with Crippen molar-refractivity contribution < 1.29 is 18.7 Å². The zero-order valence-corrected chi connectivity index (χ0v) is 8.13. The molecule has 80 valence electrons. The molecule has 0 aromatic carbocycles. The van der Waals surface area contributed by atoms with Crippen molar-refractivity contribution in [3.05, 3.63) is 0 Å². The van der Waals surface area contributed by atoms with E-state index in [1.54, 1.807) is 0 Å². The van der Waals surface area contributed by atoms with Crippen LogP contribution in [0.5, 0.6) is 0 Å². The Kier molecular flexibility index (Phi) is 2.58. The van der Waals surface area contributed by atoms with E-state index in [2.05, 4.69) is 0 Å². The van der Waals surface area contributed by atoms with Crippen molar-refractivity contribution >= 4 is 6.29 Å². The summed E-state index contributed by atoms with van der Waals surface area (Å²) in [5, 5.41) is 0. The van der Waals surface area contributed by atoms with Crippen LogP contribution in [-0.4, -0.2) is 31.0 Å². The summed E-state index contributed by atoms with van der Waals surface area (Å²) >= 11 is 0.